The zero-order valence-corrected chi connectivity index (χ0v) is 8.95. The molecule has 0 radical (unpaired) electrons. The highest BCUT2D eigenvalue weighted by atomic mass is 16.5. The molecular formula is C12H17NO. The van der Waals surface area contributed by atoms with Gasteiger partial charge in [-0.2, -0.15) is 0 Å². The molecule has 0 saturated heterocycles. The molecule has 2 atom stereocenters. The van der Waals surface area contributed by atoms with Crippen molar-refractivity contribution in [1.29, 1.82) is 0 Å². The Hall–Kier alpha value is -1.02. The molecule has 1 aromatic rings. The van der Waals surface area contributed by atoms with Gasteiger partial charge in [0.15, 0.2) is 0 Å². The molecule has 1 fully saturated rings. The predicted molar refractivity (Wildman–Crippen MR) is 57.5 cm³/mol. The van der Waals surface area contributed by atoms with E-state index in [1.54, 1.807) is 7.11 Å². The van der Waals surface area contributed by atoms with Crippen LogP contribution in [0.15, 0.2) is 24.3 Å². The van der Waals surface area contributed by atoms with Gasteiger partial charge in [-0.1, -0.05) is 26.0 Å². The maximum Gasteiger partial charge on any atom is 0.118 e. The SMILES string of the molecule is COc1ccc([C@H]2[C@H](N)C2(C)C)cc1. The molecule has 2 heteroatoms. The zero-order chi connectivity index (χ0) is 10.3. The summed E-state index contributed by atoms with van der Waals surface area (Å²) >= 11 is 0. The van der Waals surface area contributed by atoms with Gasteiger partial charge in [-0.25, -0.2) is 0 Å². The normalized spacial score (nSPS) is 28.6. The van der Waals surface area contributed by atoms with Gasteiger partial charge < -0.3 is 10.5 Å². The fourth-order valence-electron chi connectivity index (χ4n) is 2.13. The molecule has 0 bridgehead atoms. The number of ether oxygens (including phenoxy) is 1. The monoisotopic (exact) mass is 191 g/mol. The maximum absolute atomic E-state index is 6.02. The van der Waals surface area contributed by atoms with Crippen LogP contribution < -0.4 is 10.5 Å². The molecule has 2 rings (SSSR count). The molecule has 0 aromatic heterocycles. The number of hydrogen-bond acceptors (Lipinski definition) is 2. The Balaban J connectivity index is 2.20. The first-order valence-electron chi connectivity index (χ1n) is 4.97. The highest BCUT2D eigenvalue weighted by Crippen LogP contribution is 2.57. The third-order valence-corrected chi connectivity index (χ3v) is 3.39. The van der Waals surface area contributed by atoms with E-state index in [9.17, 15) is 0 Å². The van der Waals surface area contributed by atoms with Gasteiger partial charge in [0, 0.05) is 12.0 Å². The molecule has 1 saturated carbocycles. The molecule has 76 valence electrons. The summed E-state index contributed by atoms with van der Waals surface area (Å²) in [4.78, 5) is 0. The zero-order valence-electron chi connectivity index (χ0n) is 8.95. The van der Waals surface area contributed by atoms with Crippen molar-refractivity contribution in [3.05, 3.63) is 29.8 Å². The smallest absolute Gasteiger partial charge is 0.118 e. The van der Waals surface area contributed by atoms with E-state index in [1.807, 2.05) is 12.1 Å². The molecule has 0 amide bonds. The van der Waals surface area contributed by atoms with E-state index < -0.39 is 0 Å². The molecule has 0 unspecified atom stereocenters. The number of benzene rings is 1. The fourth-order valence-corrected chi connectivity index (χ4v) is 2.13. The number of hydrogen-bond donors (Lipinski definition) is 1. The minimum absolute atomic E-state index is 0.259. The van der Waals surface area contributed by atoms with Crippen LogP contribution in [-0.4, -0.2) is 13.2 Å². The minimum Gasteiger partial charge on any atom is -0.497 e. The average molecular weight is 191 g/mol. The van der Waals surface area contributed by atoms with E-state index in [0.29, 0.717) is 12.0 Å². The summed E-state index contributed by atoms with van der Waals surface area (Å²) in [5.74, 6) is 1.41. The van der Waals surface area contributed by atoms with Crippen LogP contribution in [0.1, 0.15) is 25.3 Å². The van der Waals surface area contributed by atoms with Gasteiger partial charge in [-0.3, -0.25) is 0 Å². The van der Waals surface area contributed by atoms with Crippen LogP contribution in [-0.2, 0) is 0 Å². The van der Waals surface area contributed by atoms with E-state index >= 15 is 0 Å². The van der Waals surface area contributed by atoms with E-state index in [2.05, 4.69) is 26.0 Å². The van der Waals surface area contributed by atoms with Crippen molar-refractivity contribution in [3.63, 3.8) is 0 Å². The van der Waals surface area contributed by atoms with Crippen molar-refractivity contribution in [2.45, 2.75) is 25.8 Å². The predicted octanol–water partition coefficient (Wildman–Crippen LogP) is 2.15. The Morgan fingerprint density at radius 1 is 1.21 bits per heavy atom. The van der Waals surface area contributed by atoms with Crippen molar-refractivity contribution in [3.8, 4) is 5.75 Å². The van der Waals surface area contributed by atoms with Crippen molar-refractivity contribution < 1.29 is 4.74 Å². The minimum atomic E-state index is 0.259. The summed E-state index contributed by atoms with van der Waals surface area (Å²) < 4.78 is 5.12. The first kappa shape index (κ1) is 9.53. The lowest BCUT2D eigenvalue weighted by molar-refractivity contribution is 0.414. The van der Waals surface area contributed by atoms with Gasteiger partial charge in [0.2, 0.25) is 0 Å². The Kier molecular flexibility index (Phi) is 2.04. The second-order valence-corrected chi connectivity index (χ2v) is 4.60. The van der Waals surface area contributed by atoms with E-state index in [-0.39, 0.29) is 5.41 Å². The van der Waals surface area contributed by atoms with Crippen molar-refractivity contribution >= 4 is 0 Å². The highest BCUT2D eigenvalue weighted by molar-refractivity contribution is 5.37. The standard InChI is InChI=1S/C12H17NO/c1-12(2)10(11(12)13)8-4-6-9(14-3)7-5-8/h4-7,10-11H,13H2,1-3H3/t10-,11-/m0/s1. The van der Waals surface area contributed by atoms with E-state index in [0.717, 1.165) is 5.75 Å². The largest absolute Gasteiger partial charge is 0.497 e. The lowest BCUT2D eigenvalue weighted by atomic mass is 10.0. The molecule has 2 nitrogen and oxygen atoms in total. The second-order valence-electron chi connectivity index (χ2n) is 4.60. The molecule has 0 aliphatic heterocycles. The van der Waals surface area contributed by atoms with Crippen molar-refractivity contribution in [2.24, 2.45) is 11.1 Å². The van der Waals surface area contributed by atoms with Gasteiger partial charge in [-0.15, -0.1) is 0 Å². The van der Waals surface area contributed by atoms with Crippen LogP contribution in [0, 0.1) is 5.41 Å². The number of rotatable bonds is 2. The highest BCUT2D eigenvalue weighted by Gasteiger charge is 2.55. The first-order valence-corrected chi connectivity index (χ1v) is 4.97. The molecule has 1 aliphatic carbocycles. The van der Waals surface area contributed by atoms with E-state index in [1.165, 1.54) is 5.56 Å². The van der Waals surface area contributed by atoms with Crippen LogP contribution in [0.3, 0.4) is 0 Å². The van der Waals surface area contributed by atoms with Crippen LogP contribution in [0.2, 0.25) is 0 Å². The third kappa shape index (κ3) is 1.30. The van der Waals surface area contributed by atoms with Crippen LogP contribution >= 0.6 is 0 Å². The van der Waals surface area contributed by atoms with Crippen molar-refractivity contribution in [2.75, 3.05) is 7.11 Å². The molecule has 0 spiro atoms. The topological polar surface area (TPSA) is 35.2 Å². The quantitative estimate of drug-likeness (QED) is 0.777. The lowest BCUT2D eigenvalue weighted by Crippen LogP contribution is -2.06. The summed E-state index contributed by atoms with van der Waals surface area (Å²) in [5.41, 5.74) is 7.60. The summed E-state index contributed by atoms with van der Waals surface area (Å²) in [7, 11) is 1.68. The van der Waals surface area contributed by atoms with E-state index in [4.69, 9.17) is 10.5 Å². The lowest BCUT2D eigenvalue weighted by Gasteiger charge is -2.04. The Morgan fingerprint density at radius 3 is 2.07 bits per heavy atom. The molecule has 2 N–H and O–H groups in total. The molecular weight excluding hydrogens is 174 g/mol. The van der Waals surface area contributed by atoms with Crippen LogP contribution in [0.5, 0.6) is 5.75 Å². The first-order chi connectivity index (χ1) is 6.57. The third-order valence-electron chi connectivity index (χ3n) is 3.39. The van der Waals surface area contributed by atoms with Gasteiger partial charge in [-0.05, 0) is 23.1 Å². The summed E-state index contributed by atoms with van der Waals surface area (Å²) in [6.07, 6.45) is 0. The Bertz CT molecular complexity index is 329. The molecule has 1 aliphatic rings. The molecule has 14 heavy (non-hydrogen) atoms. The average Bonchev–Trinajstić information content (AvgIpc) is 2.67. The van der Waals surface area contributed by atoms with Gasteiger partial charge in [0.25, 0.3) is 0 Å². The second kappa shape index (κ2) is 2.99. The molecule has 0 heterocycles. The van der Waals surface area contributed by atoms with Crippen molar-refractivity contribution in [1.82, 2.24) is 0 Å². The van der Waals surface area contributed by atoms with Crippen LogP contribution in [0.25, 0.3) is 0 Å². The Morgan fingerprint density at radius 2 is 1.71 bits per heavy atom. The summed E-state index contributed by atoms with van der Waals surface area (Å²) in [5, 5.41) is 0. The number of methoxy groups -OCH3 is 1. The van der Waals surface area contributed by atoms with Gasteiger partial charge in [0.1, 0.15) is 5.75 Å². The Labute approximate surface area is 85.1 Å². The fraction of sp³-hybridized carbons (Fsp3) is 0.500. The summed E-state index contributed by atoms with van der Waals surface area (Å²) in [6.45, 7) is 4.43. The van der Waals surface area contributed by atoms with Gasteiger partial charge in [0.05, 0.1) is 7.11 Å². The summed E-state index contributed by atoms with van der Waals surface area (Å²) in [6, 6.07) is 8.51. The number of nitrogens with two attached hydrogens (primary N) is 1. The van der Waals surface area contributed by atoms with Gasteiger partial charge >= 0.3 is 0 Å². The molecule has 1 aromatic carbocycles. The maximum atomic E-state index is 6.02. The van der Waals surface area contributed by atoms with Crippen LogP contribution in [0.4, 0.5) is 0 Å².